The Labute approximate surface area is 115 Å². The molecule has 1 aliphatic heterocycles. The number of piperidine rings is 1. The van der Waals surface area contributed by atoms with E-state index in [2.05, 4.69) is 17.0 Å². The van der Waals surface area contributed by atoms with E-state index in [0.717, 1.165) is 23.9 Å². The number of halogens is 1. The molecular weight excluding hydrogens is 244 g/mol. The van der Waals surface area contributed by atoms with E-state index in [0.29, 0.717) is 0 Å². The predicted octanol–water partition coefficient (Wildman–Crippen LogP) is 2.94. The van der Waals surface area contributed by atoms with Gasteiger partial charge in [-0.3, -0.25) is 0 Å². The molecule has 3 heteroatoms. The van der Waals surface area contributed by atoms with Gasteiger partial charge in [-0.1, -0.05) is 23.7 Å². The minimum Gasteiger partial charge on any atom is -0.330 e. The summed E-state index contributed by atoms with van der Waals surface area (Å²) >= 11 is 5.98. The Morgan fingerprint density at radius 3 is 2.72 bits per heavy atom. The van der Waals surface area contributed by atoms with Crippen LogP contribution < -0.4 is 5.73 Å². The van der Waals surface area contributed by atoms with Crippen LogP contribution in [0.15, 0.2) is 24.3 Å². The zero-order valence-electron chi connectivity index (χ0n) is 10.9. The van der Waals surface area contributed by atoms with Crippen LogP contribution in [0.2, 0.25) is 5.02 Å². The fourth-order valence-corrected chi connectivity index (χ4v) is 2.86. The average molecular weight is 267 g/mol. The number of hydrogen-bond donors (Lipinski definition) is 1. The molecule has 1 fully saturated rings. The van der Waals surface area contributed by atoms with Gasteiger partial charge in [0.2, 0.25) is 0 Å². The van der Waals surface area contributed by atoms with E-state index in [1.807, 2.05) is 12.1 Å². The molecule has 0 aromatic heterocycles. The number of rotatable bonds is 5. The fraction of sp³-hybridized carbons (Fsp3) is 0.600. The van der Waals surface area contributed by atoms with Crippen LogP contribution in [0.5, 0.6) is 0 Å². The van der Waals surface area contributed by atoms with E-state index < -0.39 is 0 Å². The Bertz CT molecular complexity index is 359. The molecule has 1 heterocycles. The molecule has 2 rings (SSSR count). The third-order valence-corrected chi connectivity index (χ3v) is 4.10. The van der Waals surface area contributed by atoms with E-state index >= 15 is 0 Å². The second-order valence-electron chi connectivity index (χ2n) is 5.25. The molecule has 1 aromatic rings. The van der Waals surface area contributed by atoms with Gasteiger partial charge in [0.1, 0.15) is 0 Å². The largest absolute Gasteiger partial charge is 0.330 e. The van der Waals surface area contributed by atoms with Gasteiger partial charge < -0.3 is 10.6 Å². The zero-order valence-corrected chi connectivity index (χ0v) is 11.7. The lowest BCUT2D eigenvalue weighted by atomic mass is 9.97. The van der Waals surface area contributed by atoms with Crippen molar-refractivity contribution in [3.8, 4) is 0 Å². The van der Waals surface area contributed by atoms with Crippen LogP contribution in [0.4, 0.5) is 0 Å². The second-order valence-corrected chi connectivity index (χ2v) is 5.69. The summed E-state index contributed by atoms with van der Waals surface area (Å²) in [5.41, 5.74) is 7.05. The Hall–Kier alpha value is -0.570. The monoisotopic (exact) mass is 266 g/mol. The predicted molar refractivity (Wildman–Crippen MR) is 78.0 cm³/mol. The highest BCUT2D eigenvalue weighted by Crippen LogP contribution is 2.17. The van der Waals surface area contributed by atoms with Gasteiger partial charge in [-0.15, -0.1) is 0 Å². The molecule has 0 aliphatic carbocycles. The number of nitrogens with two attached hydrogens (primary N) is 1. The maximum absolute atomic E-state index is 5.98. The standard InChI is InChI=1S/C15H23ClN2/c16-15-5-1-3-13(11-15)4-2-8-18-9-6-14(12-17)7-10-18/h1,3,5,11,14H,2,4,6-10,12,17H2. The Balaban J connectivity index is 1.67. The molecule has 0 bridgehead atoms. The van der Waals surface area contributed by atoms with Crippen LogP contribution in [0.25, 0.3) is 0 Å². The van der Waals surface area contributed by atoms with Gasteiger partial charge >= 0.3 is 0 Å². The van der Waals surface area contributed by atoms with Crippen molar-refractivity contribution in [3.05, 3.63) is 34.9 Å². The first-order valence-electron chi connectivity index (χ1n) is 6.95. The molecule has 2 nitrogen and oxygen atoms in total. The number of likely N-dealkylation sites (tertiary alicyclic amines) is 1. The second kappa shape index (κ2) is 7.13. The van der Waals surface area contributed by atoms with Crippen molar-refractivity contribution < 1.29 is 0 Å². The van der Waals surface area contributed by atoms with Crippen LogP contribution >= 0.6 is 11.6 Å². The summed E-state index contributed by atoms with van der Waals surface area (Å²) in [6.07, 6.45) is 4.88. The first-order chi connectivity index (χ1) is 8.78. The van der Waals surface area contributed by atoms with Crippen molar-refractivity contribution in [1.29, 1.82) is 0 Å². The van der Waals surface area contributed by atoms with Crippen molar-refractivity contribution in [3.63, 3.8) is 0 Å². The normalized spacial score (nSPS) is 18.1. The molecule has 18 heavy (non-hydrogen) atoms. The molecule has 1 aliphatic rings. The van der Waals surface area contributed by atoms with Crippen LogP contribution in [0.1, 0.15) is 24.8 Å². The molecule has 0 unspecified atom stereocenters. The van der Waals surface area contributed by atoms with Crippen molar-refractivity contribution in [1.82, 2.24) is 4.90 Å². The number of benzene rings is 1. The van der Waals surface area contributed by atoms with E-state index in [4.69, 9.17) is 17.3 Å². The smallest absolute Gasteiger partial charge is 0.0408 e. The first kappa shape index (κ1) is 13.9. The summed E-state index contributed by atoms with van der Waals surface area (Å²) in [6, 6.07) is 8.20. The maximum Gasteiger partial charge on any atom is 0.0408 e. The van der Waals surface area contributed by atoms with Crippen molar-refractivity contribution in [2.75, 3.05) is 26.2 Å². The minimum absolute atomic E-state index is 0.758. The van der Waals surface area contributed by atoms with Crippen molar-refractivity contribution in [2.24, 2.45) is 11.7 Å². The average Bonchev–Trinajstić information content (AvgIpc) is 2.40. The van der Waals surface area contributed by atoms with E-state index in [1.165, 1.54) is 44.5 Å². The summed E-state index contributed by atoms with van der Waals surface area (Å²) in [5.74, 6) is 0.758. The molecule has 0 saturated carbocycles. The lowest BCUT2D eigenvalue weighted by molar-refractivity contribution is 0.186. The topological polar surface area (TPSA) is 29.3 Å². The van der Waals surface area contributed by atoms with Crippen molar-refractivity contribution >= 4 is 11.6 Å². The lowest BCUT2D eigenvalue weighted by Crippen LogP contribution is -2.36. The Morgan fingerprint density at radius 1 is 1.28 bits per heavy atom. The molecular formula is C15H23ClN2. The van der Waals surface area contributed by atoms with Gasteiger partial charge in [0, 0.05) is 5.02 Å². The Morgan fingerprint density at radius 2 is 2.06 bits per heavy atom. The Kier molecular flexibility index (Phi) is 5.48. The first-order valence-corrected chi connectivity index (χ1v) is 7.32. The summed E-state index contributed by atoms with van der Waals surface area (Å²) in [6.45, 7) is 4.50. The van der Waals surface area contributed by atoms with E-state index in [-0.39, 0.29) is 0 Å². The van der Waals surface area contributed by atoms with E-state index in [9.17, 15) is 0 Å². The maximum atomic E-state index is 5.98. The number of aryl methyl sites for hydroxylation is 1. The van der Waals surface area contributed by atoms with Gasteiger partial charge in [0.05, 0.1) is 0 Å². The molecule has 1 aromatic carbocycles. The van der Waals surface area contributed by atoms with Gasteiger partial charge in [-0.05, 0) is 75.5 Å². The molecule has 0 atom stereocenters. The van der Waals surface area contributed by atoms with Crippen LogP contribution in [0, 0.1) is 5.92 Å². The van der Waals surface area contributed by atoms with Crippen LogP contribution in [-0.2, 0) is 6.42 Å². The molecule has 1 saturated heterocycles. The molecule has 100 valence electrons. The quantitative estimate of drug-likeness (QED) is 0.888. The highest BCUT2D eigenvalue weighted by atomic mass is 35.5. The fourth-order valence-electron chi connectivity index (χ4n) is 2.65. The summed E-state index contributed by atoms with van der Waals surface area (Å²) in [7, 11) is 0. The minimum atomic E-state index is 0.758. The lowest BCUT2D eigenvalue weighted by Gasteiger charge is -2.31. The van der Waals surface area contributed by atoms with Gasteiger partial charge in [0.15, 0.2) is 0 Å². The SMILES string of the molecule is NCC1CCN(CCCc2cccc(Cl)c2)CC1. The molecule has 2 N–H and O–H groups in total. The van der Waals surface area contributed by atoms with Crippen LogP contribution in [0.3, 0.4) is 0 Å². The molecule has 0 amide bonds. The number of hydrogen-bond acceptors (Lipinski definition) is 2. The van der Waals surface area contributed by atoms with Crippen LogP contribution in [-0.4, -0.2) is 31.1 Å². The summed E-state index contributed by atoms with van der Waals surface area (Å²) in [5, 5.41) is 0.844. The third kappa shape index (κ3) is 4.27. The highest BCUT2D eigenvalue weighted by molar-refractivity contribution is 6.30. The summed E-state index contributed by atoms with van der Waals surface area (Å²) < 4.78 is 0. The third-order valence-electron chi connectivity index (χ3n) is 3.87. The van der Waals surface area contributed by atoms with Crippen molar-refractivity contribution in [2.45, 2.75) is 25.7 Å². The van der Waals surface area contributed by atoms with Gasteiger partial charge in [-0.25, -0.2) is 0 Å². The van der Waals surface area contributed by atoms with Gasteiger partial charge in [-0.2, -0.15) is 0 Å². The van der Waals surface area contributed by atoms with E-state index in [1.54, 1.807) is 0 Å². The van der Waals surface area contributed by atoms with Gasteiger partial charge in [0.25, 0.3) is 0 Å². The summed E-state index contributed by atoms with van der Waals surface area (Å²) in [4.78, 5) is 2.57. The zero-order chi connectivity index (χ0) is 12.8. The molecule has 0 radical (unpaired) electrons. The molecule has 0 spiro atoms. The number of nitrogens with zero attached hydrogens (tertiary/aromatic N) is 1. The highest BCUT2D eigenvalue weighted by Gasteiger charge is 2.17.